The zero-order valence-electron chi connectivity index (χ0n) is 15.8. The molecule has 0 saturated heterocycles. The van der Waals surface area contributed by atoms with Gasteiger partial charge in [-0.25, -0.2) is 13.8 Å². The van der Waals surface area contributed by atoms with Crippen molar-refractivity contribution in [2.75, 3.05) is 27.3 Å². The van der Waals surface area contributed by atoms with Gasteiger partial charge in [-0.1, -0.05) is 6.07 Å². The summed E-state index contributed by atoms with van der Waals surface area (Å²) in [5, 5.41) is 6.30. The van der Waals surface area contributed by atoms with Gasteiger partial charge in [0.2, 0.25) is 0 Å². The average Bonchev–Trinajstić information content (AvgIpc) is 2.67. The SMILES string of the molecule is CCNC(=NCc1ccc(OC)cc1OC)NCCc1ccc(F)cc1F. The molecule has 0 spiro atoms. The van der Waals surface area contributed by atoms with E-state index < -0.39 is 11.6 Å². The monoisotopic (exact) mass is 377 g/mol. The van der Waals surface area contributed by atoms with Crippen LogP contribution in [-0.2, 0) is 13.0 Å². The van der Waals surface area contributed by atoms with Gasteiger partial charge in [0.15, 0.2) is 5.96 Å². The van der Waals surface area contributed by atoms with Crippen LogP contribution >= 0.6 is 0 Å². The number of hydrogen-bond donors (Lipinski definition) is 2. The lowest BCUT2D eigenvalue weighted by Crippen LogP contribution is -2.38. The molecule has 146 valence electrons. The predicted octanol–water partition coefficient (Wildman–Crippen LogP) is 3.28. The summed E-state index contributed by atoms with van der Waals surface area (Å²) in [6.07, 6.45) is 0.419. The first-order valence-corrected chi connectivity index (χ1v) is 8.74. The molecular formula is C20H25F2N3O2. The third-order valence-corrected chi connectivity index (χ3v) is 3.95. The van der Waals surface area contributed by atoms with Crippen molar-refractivity contribution in [3.8, 4) is 11.5 Å². The molecule has 0 aliphatic rings. The number of nitrogens with one attached hydrogen (secondary N) is 2. The molecule has 0 fully saturated rings. The number of guanidine groups is 1. The summed E-state index contributed by atoms with van der Waals surface area (Å²) in [7, 11) is 3.20. The van der Waals surface area contributed by atoms with Crippen molar-refractivity contribution in [3.63, 3.8) is 0 Å². The molecule has 2 N–H and O–H groups in total. The van der Waals surface area contributed by atoms with Crippen molar-refractivity contribution >= 4 is 5.96 Å². The van der Waals surface area contributed by atoms with Crippen LogP contribution in [0.15, 0.2) is 41.4 Å². The van der Waals surface area contributed by atoms with E-state index in [-0.39, 0.29) is 0 Å². The number of rotatable bonds is 8. The van der Waals surface area contributed by atoms with E-state index in [2.05, 4.69) is 15.6 Å². The fourth-order valence-corrected chi connectivity index (χ4v) is 2.53. The largest absolute Gasteiger partial charge is 0.497 e. The molecule has 5 nitrogen and oxygen atoms in total. The summed E-state index contributed by atoms with van der Waals surface area (Å²) in [6, 6.07) is 9.17. The van der Waals surface area contributed by atoms with E-state index in [9.17, 15) is 8.78 Å². The van der Waals surface area contributed by atoms with Crippen LogP contribution in [0.5, 0.6) is 11.5 Å². The van der Waals surface area contributed by atoms with Crippen LogP contribution in [-0.4, -0.2) is 33.3 Å². The fraction of sp³-hybridized carbons (Fsp3) is 0.350. The second kappa shape index (κ2) is 10.4. The Kier molecular flexibility index (Phi) is 7.85. The van der Waals surface area contributed by atoms with Gasteiger partial charge in [-0.3, -0.25) is 0 Å². The van der Waals surface area contributed by atoms with Crippen LogP contribution in [0.4, 0.5) is 8.78 Å². The van der Waals surface area contributed by atoms with Crippen LogP contribution < -0.4 is 20.1 Å². The topological polar surface area (TPSA) is 54.9 Å². The molecule has 27 heavy (non-hydrogen) atoms. The lowest BCUT2D eigenvalue weighted by Gasteiger charge is -2.13. The molecule has 0 aliphatic carbocycles. The van der Waals surface area contributed by atoms with Crippen LogP contribution in [0.2, 0.25) is 0 Å². The Morgan fingerprint density at radius 1 is 1.00 bits per heavy atom. The lowest BCUT2D eigenvalue weighted by atomic mass is 10.1. The van der Waals surface area contributed by atoms with Gasteiger partial charge in [-0.15, -0.1) is 0 Å². The molecule has 0 atom stereocenters. The van der Waals surface area contributed by atoms with E-state index >= 15 is 0 Å². The highest BCUT2D eigenvalue weighted by atomic mass is 19.1. The van der Waals surface area contributed by atoms with Gasteiger partial charge in [0.25, 0.3) is 0 Å². The maximum atomic E-state index is 13.7. The van der Waals surface area contributed by atoms with E-state index in [1.54, 1.807) is 14.2 Å². The quantitative estimate of drug-likeness (QED) is 0.548. The summed E-state index contributed by atoms with van der Waals surface area (Å²) in [5.74, 6) is 0.903. The molecule has 0 aromatic heterocycles. The average molecular weight is 377 g/mol. The Labute approximate surface area is 158 Å². The Bertz CT molecular complexity index is 782. The number of halogens is 2. The van der Waals surface area contributed by atoms with Crippen molar-refractivity contribution in [1.82, 2.24) is 10.6 Å². The van der Waals surface area contributed by atoms with Gasteiger partial charge in [-0.2, -0.15) is 0 Å². The Hall–Kier alpha value is -2.83. The zero-order valence-corrected chi connectivity index (χ0v) is 15.8. The van der Waals surface area contributed by atoms with Gasteiger partial charge in [0, 0.05) is 30.8 Å². The summed E-state index contributed by atoms with van der Waals surface area (Å²) < 4.78 is 37.2. The zero-order chi connectivity index (χ0) is 19.6. The summed E-state index contributed by atoms with van der Waals surface area (Å²) >= 11 is 0. The highest BCUT2D eigenvalue weighted by Gasteiger charge is 2.07. The number of methoxy groups -OCH3 is 2. The van der Waals surface area contributed by atoms with Crippen molar-refractivity contribution in [3.05, 3.63) is 59.2 Å². The molecule has 0 heterocycles. The maximum Gasteiger partial charge on any atom is 0.191 e. The highest BCUT2D eigenvalue weighted by molar-refractivity contribution is 5.79. The number of nitrogens with zero attached hydrogens (tertiary/aromatic N) is 1. The number of hydrogen-bond acceptors (Lipinski definition) is 3. The Morgan fingerprint density at radius 2 is 1.78 bits per heavy atom. The molecule has 2 rings (SSSR count). The third kappa shape index (κ3) is 6.13. The van der Waals surface area contributed by atoms with E-state index in [0.29, 0.717) is 49.1 Å². The molecule has 2 aromatic rings. The predicted molar refractivity (Wildman–Crippen MR) is 102 cm³/mol. The van der Waals surface area contributed by atoms with Crippen molar-refractivity contribution in [2.45, 2.75) is 19.9 Å². The molecular weight excluding hydrogens is 352 g/mol. The summed E-state index contributed by atoms with van der Waals surface area (Å²) in [6.45, 7) is 3.53. The second-order valence-electron chi connectivity index (χ2n) is 5.79. The molecule has 2 aromatic carbocycles. The first-order valence-electron chi connectivity index (χ1n) is 8.74. The standard InChI is InChI=1S/C20H25F2N3O2/c1-4-23-20(24-10-9-14-5-7-16(21)11-18(14)22)25-13-15-6-8-17(26-2)12-19(15)27-3/h5-8,11-12H,4,9-10,13H2,1-3H3,(H2,23,24,25). The molecule has 0 radical (unpaired) electrons. The lowest BCUT2D eigenvalue weighted by molar-refractivity contribution is 0.391. The number of ether oxygens (including phenoxy) is 2. The fourth-order valence-electron chi connectivity index (χ4n) is 2.53. The molecule has 0 unspecified atom stereocenters. The first kappa shape index (κ1) is 20.5. The molecule has 0 bridgehead atoms. The smallest absolute Gasteiger partial charge is 0.191 e. The normalized spacial score (nSPS) is 11.2. The minimum Gasteiger partial charge on any atom is -0.497 e. The Morgan fingerprint density at radius 3 is 2.44 bits per heavy atom. The highest BCUT2D eigenvalue weighted by Crippen LogP contribution is 2.25. The van der Waals surface area contributed by atoms with Gasteiger partial charge in [0.1, 0.15) is 23.1 Å². The minimum absolute atomic E-state index is 0.410. The summed E-state index contributed by atoms with van der Waals surface area (Å²) in [4.78, 5) is 4.54. The third-order valence-electron chi connectivity index (χ3n) is 3.95. The van der Waals surface area contributed by atoms with Gasteiger partial charge >= 0.3 is 0 Å². The number of benzene rings is 2. The summed E-state index contributed by atoms with van der Waals surface area (Å²) in [5.41, 5.74) is 1.37. The number of aliphatic imine (C=N–C) groups is 1. The second-order valence-corrected chi connectivity index (χ2v) is 5.79. The van der Waals surface area contributed by atoms with Crippen molar-refractivity contribution in [2.24, 2.45) is 4.99 Å². The molecule has 0 aliphatic heterocycles. The van der Waals surface area contributed by atoms with Gasteiger partial charge in [-0.05, 0) is 37.1 Å². The van der Waals surface area contributed by atoms with Gasteiger partial charge in [0.05, 0.1) is 20.8 Å². The van der Waals surface area contributed by atoms with E-state index in [4.69, 9.17) is 9.47 Å². The van der Waals surface area contributed by atoms with E-state index in [1.807, 2.05) is 25.1 Å². The van der Waals surface area contributed by atoms with Crippen molar-refractivity contribution < 1.29 is 18.3 Å². The van der Waals surface area contributed by atoms with E-state index in [0.717, 1.165) is 11.6 Å². The van der Waals surface area contributed by atoms with Gasteiger partial charge < -0.3 is 20.1 Å². The van der Waals surface area contributed by atoms with E-state index in [1.165, 1.54) is 12.1 Å². The van der Waals surface area contributed by atoms with Crippen LogP contribution in [0, 0.1) is 11.6 Å². The molecule has 0 amide bonds. The molecule has 0 saturated carbocycles. The van der Waals surface area contributed by atoms with Crippen LogP contribution in [0.1, 0.15) is 18.1 Å². The van der Waals surface area contributed by atoms with Crippen LogP contribution in [0.25, 0.3) is 0 Å². The van der Waals surface area contributed by atoms with Crippen molar-refractivity contribution in [1.29, 1.82) is 0 Å². The first-order chi connectivity index (χ1) is 13.1. The van der Waals surface area contributed by atoms with Crippen LogP contribution in [0.3, 0.4) is 0 Å². The minimum atomic E-state index is -0.576. The molecule has 7 heteroatoms. The maximum absolute atomic E-state index is 13.7. The Balaban J connectivity index is 1.99.